The highest BCUT2D eigenvalue weighted by Gasteiger charge is 2.11. The Balaban J connectivity index is 3.03. The van der Waals surface area contributed by atoms with Crippen LogP contribution in [0.5, 0.6) is 5.75 Å². The highest BCUT2D eigenvalue weighted by Crippen LogP contribution is 2.34. The lowest BCUT2D eigenvalue weighted by molar-refractivity contribution is -0.113. The van der Waals surface area contributed by atoms with Crippen LogP contribution >= 0.6 is 34.8 Å². The van der Waals surface area contributed by atoms with Gasteiger partial charge in [-0.1, -0.05) is 23.2 Å². The second-order valence-electron chi connectivity index (χ2n) is 2.65. The predicted molar refractivity (Wildman–Crippen MR) is 62.4 cm³/mol. The second kappa shape index (κ2) is 5.45. The molecule has 0 aliphatic carbocycles. The van der Waals surface area contributed by atoms with E-state index in [1.807, 2.05) is 0 Å². The maximum atomic E-state index is 11.0. The van der Waals surface area contributed by atoms with Gasteiger partial charge in [0.15, 0.2) is 0 Å². The van der Waals surface area contributed by atoms with Crippen LogP contribution < -0.4 is 10.1 Å². The number of methoxy groups -OCH3 is 1. The number of halogens is 3. The van der Waals surface area contributed by atoms with Crippen LogP contribution in [0.25, 0.3) is 0 Å². The first-order chi connectivity index (χ1) is 7.08. The summed E-state index contributed by atoms with van der Waals surface area (Å²) in [4.78, 5) is 11.0. The lowest BCUT2D eigenvalue weighted by atomic mass is 10.3. The van der Waals surface area contributed by atoms with Gasteiger partial charge in [-0.25, -0.2) is 0 Å². The maximum Gasteiger partial charge on any atom is 0.239 e. The molecule has 1 amide bonds. The zero-order valence-electron chi connectivity index (χ0n) is 7.81. The quantitative estimate of drug-likeness (QED) is 0.855. The highest BCUT2D eigenvalue weighted by atomic mass is 35.5. The third-order valence-corrected chi connectivity index (χ3v) is 2.48. The normalized spacial score (nSPS) is 9.87. The average molecular weight is 269 g/mol. The van der Waals surface area contributed by atoms with Gasteiger partial charge in [0.05, 0.1) is 22.8 Å². The van der Waals surface area contributed by atoms with Crippen LogP contribution in [0.2, 0.25) is 10.0 Å². The fourth-order valence-corrected chi connectivity index (χ4v) is 1.59. The molecule has 1 rings (SSSR count). The highest BCUT2D eigenvalue weighted by molar-refractivity contribution is 6.40. The van der Waals surface area contributed by atoms with E-state index in [0.717, 1.165) is 0 Å². The Kier molecular flexibility index (Phi) is 4.51. The molecule has 0 unspecified atom stereocenters. The van der Waals surface area contributed by atoms with Crippen LogP contribution in [0.3, 0.4) is 0 Å². The number of hydrogen-bond donors (Lipinski definition) is 1. The monoisotopic (exact) mass is 267 g/mol. The van der Waals surface area contributed by atoms with E-state index in [4.69, 9.17) is 39.5 Å². The van der Waals surface area contributed by atoms with E-state index in [1.165, 1.54) is 7.11 Å². The smallest absolute Gasteiger partial charge is 0.239 e. The average Bonchev–Trinajstić information content (AvgIpc) is 2.22. The Hall–Kier alpha value is -0.640. The molecule has 0 saturated heterocycles. The largest absolute Gasteiger partial charge is 0.497 e. The molecule has 82 valence electrons. The number of alkyl halides is 1. The van der Waals surface area contributed by atoms with Crippen LogP contribution in [0.15, 0.2) is 12.1 Å². The molecule has 0 bridgehead atoms. The van der Waals surface area contributed by atoms with E-state index in [9.17, 15) is 4.79 Å². The van der Waals surface area contributed by atoms with Gasteiger partial charge in [0, 0.05) is 12.1 Å². The summed E-state index contributed by atoms with van der Waals surface area (Å²) < 4.78 is 4.95. The van der Waals surface area contributed by atoms with Gasteiger partial charge in [0.1, 0.15) is 11.6 Å². The van der Waals surface area contributed by atoms with Crippen LogP contribution in [0.4, 0.5) is 5.69 Å². The van der Waals surface area contributed by atoms with Crippen molar-refractivity contribution in [2.45, 2.75) is 0 Å². The molecular weight excluding hydrogens is 260 g/mol. The molecule has 0 spiro atoms. The molecule has 0 radical (unpaired) electrons. The summed E-state index contributed by atoms with van der Waals surface area (Å²) in [6.45, 7) is 0. The van der Waals surface area contributed by atoms with Crippen LogP contribution in [0, 0.1) is 0 Å². The number of nitrogens with one attached hydrogen (secondary N) is 1. The molecular formula is C9H8Cl3NO2. The van der Waals surface area contributed by atoms with Crippen LogP contribution in [-0.2, 0) is 4.79 Å². The first kappa shape index (κ1) is 12.4. The van der Waals surface area contributed by atoms with Crippen molar-refractivity contribution >= 4 is 46.4 Å². The number of carbonyl (C=O) groups is 1. The molecule has 1 aromatic carbocycles. The topological polar surface area (TPSA) is 38.3 Å². The van der Waals surface area contributed by atoms with Crippen LogP contribution in [0.1, 0.15) is 0 Å². The van der Waals surface area contributed by atoms with E-state index in [-0.39, 0.29) is 11.8 Å². The molecule has 6 heteroatoms. The predicted octanol–water partition coefficient (Wildman–Crippen LogP) is 3.18. The first-order valence-corrected chi connectivity index (χ1v) is 5.26. The minimum absolute atomic E-state index is 0.154. The maximum absolute atomic E-state index is 11.0. The summed E-state index contributed by atoms with van der Waals surface area (Å²) >= 11 is 17.1. The zero-order valence-corrected chi connectivity index (χ0v) is 10.1. The Morgan fingerprint density at radius 2 is 1.93 bits per heavy atom. The van der Waals surface area contributed by atoms with Crippen molar-refractivity contribution in [1.82, 2.24) is 0 Å². The molecule has 0 atom stereocenters. The van der Waals surface area contributed by atoms with Crippen molar-refractivity contribution in [2.75, 3.05) is 18.3 Å². The summed E-state index contributed by atoms with van der Waals surface area (Å²) in [5.74, 6) is -0.00176. The Morgan fingerprint density at radius 3 is 2.33 bits per heavy atom. The number of ether oxygens (including phenoxy) is 1. The molecule has 1 aromatic rings. The summed E-state index contributed by atoms with van der Waals surface area (Å²) in [6, 6.07) is 3.11. The fraction of sp³-hybridized carbons (Fsp3) is 0.222. The van der Waals surface area contributed by atoms with Crippen molar-refractivity contribution in [3.05, 3.63) is 22.2 Å². The minimum atomic E-state index is -0.370. The van der Waals surface area contributed by atoms with Gasteiger partial charge in [-0.2, -0.15) is 0 Å². The summed E-state index contributed by atoms with van der Waals surface area (Å²) in [7, 11) is 1.50. The van der Waals surface area contributed by atoms with E-state index in [1.54, 1.807) is 12.1 Å². The summed E-state index contributed by atoms with van der Waals surface area (Å²) in [6.07, 6.45) is 0. The third kappa shape index (κ3) is 3.16. The SMILES string of the molecule is COc1cc(Cl)c(NC(=O)CCl)c(Cl)c1. The Labute approximate surface area is 102 Å². The van der Waals surface area contributed by atoms with E-state index in [2.05, 4.69) is 5.32 Å². The number of benzene rings is 1. The van der Waals surface area contributed by atoms with E-state index < -0.39 is 0 Å². The van der Waals surface area contributed by atoms with Gasteiger partial charge >= 0.3 is 0 Å². The lowest BCUT2D eigenvalue weighted by Crippen LogP contribution is -2.13. The number of carbonyl (C=O) groups excluding carboxylic acids is 1. The number of hydrogen-bond acceptors (Lipinski definition) is 2. The Bertz CT molecular complexity index is 359. The summed E-state index contributed by atoms with van der Waals surface area (Å²) in [5.41, 5.74) is 0.338. The summed E-state index contributed by atoms with van der Waals surface area (Å²) in [5, 5.41) is 3.10. The van der Waals surface area contributed by atoms with Gasteiger partial charge in [-0.15, -0.1) is 11.6 Å². The molecule has 3 nitrogen and oxygen atoms in total. The number of rotatable bonds is 3. The molecule has 0 saturated carbocycles. The van der Waals surface area contributed by atoms with Crippen molar-refractivity contribution in [3.63, 3.8) is 0 Å². The van der Waals surface area contributed by atoms with Crippen molar-refractivity contribution in [1.29, 1.82) is 0 Å². The molecule has 0 aromatic heterocycles. The van der Waals surface area contributed by atoms with Crippen molar-refractivity contribution < 1.29 is 9.53 Å². The van der Waals surface area contributed by atoms with Gasteiger partial charge in [-0.3, -0.25) is 4.79 Å². The number of amides is 1. The van der Waals surface area contributed by atoms with Gasteiger partial charge in [0.25, 0.3) is 0 Å². The van der Waals surface area contributed by atoms with Crippen LogP contribution in [-0.4, -0.2) is 18.9 Å². The molecule has 15 heavy (non-hydrogen) atoms. The molecule has 0 heterocycles. The number of anilines is 1. The molecule has 0 aliphatic heterocycles. The first-order valence-electron chi connectivity index (χ1n) is 3.97. The molecule has 0 fully saturated rings. The van der Waals surface area contributed by atoms with Gasteiger partial charge < -0.3 is 10.1 Å². The molecule has 0 aliphatic rings. The molecule has 1 N–H and O–H groups in total. The van der Waals surface area contributed by atoms with Crippen molar-refractivity contribution in [3.8, 4) is 5.75 Å². The standard InChI is InChI=1S/C9H8Cl3NO2/c1-15-5-2-6(11)9(7(12)3-5)13-8(14)4-10/h2-3H,4H2,1H3,(H,13,14). The lowest BCUT2D eigenvalue weighted by Gasteiger charge is -2.09. The van der Waals surface area contributed by atoms with E-state index in [0.29, 0.717) is 21.5 Å². The van der Waals surface area contributed by atoms with Crippen molar-refractivity contribution in [2.24, 2.45) is 0 Å². The zero-order chi connectivity index (χ0) is 11.4. The third-order valence-electron chi connectivity index (χ3n) is 1.64. The van der Waals surface area contributed by atoms with E-state index >= 15 is 0 Å². The minimum Gasteiger partial charge on any atom is -0.497 e. The van der Waals surface area contributed by atoms with Gasteiger partial charge in [0.2, 0.25) is 5.91 Å². The van der Waals surface area contributed by atoms with Gasteiger partial charge in [-0.05, 0) is 0 Å². The fourth-order valence-electron chi connectivity index (χ4n) is 0.960. The second-order valence-corrected chi connectivity index (χ2v) is 3.73. The Morgan fingerprint density at radius 1 is 1.40 bits per heavy atom.